The highest BCUT2D eigenvalue weighted by Crippen LogP contribution is 2.28. The number of nitrogens with two attached hydrogens (primary N) is 1. The summed E-state index contributed by atoms with van der Waals surface area (Å²) in [7, 11) is 0. The van der Waals surface area contributed by atoms with E-state index >= 15 is 0 Å². The first-order valence-electron chi connectivity index (χ1n) is 6.43. The fourth-order valence-corrected chi connectivity index (χ4v) is 3.15. The summed E-state index contributed by atoms with van der Waals surface area (Å²) >= 11 is 1.57. The molecule has 5 heteroatoms. The summed E-state index contributed by atoms with van der Waals surface area (Å²) in [4.78, 5) is 13.1. The smallest absolute Gasteiger partial charge is 0.230 e. The van der Waals surface area contributed by atoms with Crippen molar-refractivity contribution in [3.05, 3.63) is 30.3 Å². The Morgan fingerprint density at radius 3 is 2.47 bits per heavy atom. The van der Waals surface area contributed by atoms with E-state index in [9.17, 15) is 4.79 Å². The molecule has 1 aromatic carbocycles. The molecule has 2 rings (SSSR count). The number of thioether (sulfide) groups is 1. The Bertz CT molecular complexity index is 394. The lowest BCUT2D eigenvalue weighted by Crippen LogP contribution is -2.52. The zero-order valence-corrected chi connectivity index (χ0v) is 12.6. The van der Waals surface area contributed by atoms with E-state index in [1.807, 2.05) is 30.3 Å². The standard InChI is InChI=1S/C14H20N2OS.ClH/c15-11-14(8-4-5-9-14)16-13(17)10-18-12-6-2-1-3-7-12;/h1-3,6-7H,4-5,8-11,15H2,(H,16,17);1H. The summed E-state index contributed by atoms with van der Waals surface area (Å²) in [5, 5.41) is 3.13. The second kappa shape index (κ2) is 7.78. The van der Waals surface area contributed by atoms with Crippen LogP contribution in [-0.4, -0.2) is 23.7 Å². The topological polar surface area (TPSA) is 55.1 Å². The number of halogens is 1. The summed E-state index contributed by atoms with van der Waals surface area (Å²) in [6, 6.07) is 9.99. The number of rotatable bonds is 5. The van der Waals surface area contributed by atoms with Crippen LogP contribution in [0.5, 0.6) is 0 Å². The van der Waals surface area contributed by atoms with Crippen molar-refractivity contribution in [1.29, 1.82) is 0 Å². The predicted octanol–water partition coefficient (Wildman–Crippen LogP) is 2.59. The maximum Gasteiger partial charge on any atom is 0.230 e. The highest BCUT2D eigenvalue weighted by Gasteiger charge is 2.33. The van der Waals surface area contributed by atoms with Crippen molar-refractivity contribution in [2.24, 2.45) is 5.73 Å². The lowest BCUT2D eigenvalue weighted by molar-refractivity contribution is -0.120. The van der Waals surface area contributed by atoms with Gasteiger partial charge in [0.15, 0.2) is 0 Å². The van der Waals surface area contributed by atoms with Gasteiger partial charge in [0.25, 0.3) is 0 Å². The third-order valence-electron chi connectivity index (χ3n) is 3.47. The number of benzene rings is 1. The van der Waals surface area contributed by atoms with Gasteiger partial charge >= 0.3 is 0 Å². The highest BCUT2D eigenvalue weighted by molar-refractivity contribution is 8.00. The molecule has 0 atom stereocenters. The van der Waals surface area contributed by atoms with Crippen molar-refractivity contribution in [1.82, 2.24) is 5.32 Å². The number of carbonyl (C=O) groups excluding carboxylic acids is 1. The minimum absolute atomic E-state index is 0. The molecule has 0 unspecified atom stereocenters. The van der Waals surface area contributed by atoms with Crippen molar-refractivity contribution in [2.75, 3.05) is 12.3 Å². The first kappa shape index (κ1) is 16.3. The number of carbonyl (C=O) groups is 1. The van der Waals surface area contributed by atoms with Crippen LogP contribution in [0.3, 0.4) is 0 Å². The van der Waals surface area contributed by atoms with Crippen molar-refractivity contribution in [3.8, 4) is 0 Å². The van der Waals surface area contributed by atoms with Gasteiger partial charge in [-0.1, -0.05) is 31.0 Å². The van der Waals surface area contributed by atoms with Crippen molar-refractivity contribution < 1.29 is 4.79 Å². The number of hydrogen-bond donors (Lipinski definition) is 2. The zero-order chi connectivity index (χ0) is 12.8. The summed E-state index contributed by atoms with van der Waals surface area (Å²) in [5.74, 6) is 0.558. The summed E-state index contributed by atoms with van der Waals surface area (Å²) in [5.41, 5.74) is 5.67. The molecule has 1 fully saturated rings. The van der Waals surface area contributed by atoms with Crippen LogP contribution in [0.25, 0.3) is 0 Å². The Hall–Kier alpha value is -0.710. The minimum Gasteiger partial charge on any atom is -0.349 e. The average Bonchev–Trinajstić information content (AvgIpc) is 2.87. The summed E-state index contributed by atoms with van der Waals surface area (Å²) in [6.45, 7) is 0.550. The lowest BCUT2D eigenvalue weighted by Gasteiger charge is -2.28. The van der Waals surface area contributed by atoms with Gasteiger partial charge in [-0.15, -0.1) is 24.2 Å². The minimum atomic E-state index is -0.131. The van der Waals surface area contributed by atoms with E-state index in [1.165, 1.54) is 12.8 Å². The van der Waals surface area contributed by atoms with E-state index in [1.54, 1.807) is 11.8 Å². The quantitative estimate of drug-likeness (QED) is 0.822. The fraction of sp³-hybridized carbons (Fsp3) is 0.500. The third-order valence-corrected chi connectivity index (χ3v) is 4.48. The van der Waals surface area contributed by atoms with E-state index in [-0.39, 0.29) is 23.9 Å². The fourth-order valence-electron chi connectivity index (χ4n) is 2.43. The van der Waals surface area contributed by atoms with Gasteiger partial charge in [0.2, 0.25) is 5.91 Å². The van der Waals surface area contributed by atoms with Crippen LogP contribution in [0.1, 0.15) is 25.7 Å². The van der Waals surface area contributed by atoms with Crippen LogP contribution in [0.15, 0.2) is 35.2 Å². The molecule has 1 aliphatic carbocycles. The molecule has 1 amide bonds. The van der Waals surface area contributed by atoms with E-state index < -0.39 is 0 Å². The van der Waals surface area contributed by atoms with Gasteiger partial charge in [0.1, 0.15) is 0 Å². The van der Waals surface area contributed by atoms with Gasteiger partial charge < -0.3 is 11.1 Å². The molecule has 0 aliphatic heterocycles. The Morgan fingerprint density at radius 1 is 1.26 bits per heavy atom. The molecular weight excluding hydrogens is 280 g/mol. The van der Waals surface area contributed by atoms with Crippen molar-refractivity contribution >= 4 is 30.1 Å². The van der Waals surface area contributed by atoms with Crippen molar-refractivity contribution in [3.63, 3.8) is 0 Å². The molecule has 0 saturated heterocycles. The van der Waals surface area contributed by atoms with E-state index in [4.69, 9.17) is 5.73 Å². The van der Waals surface area contributed by atoms with Gasteiger partial charge in [0.05, 0.1) is 11.3 Å². The molecule has 0 heterocycles. The van der Waals surface area contributed by atoms with Crippen LogP contribution in [0.2, 0.25) is 0 Å². The van der Waals surface area contributed by atoms with Crippen LogP contribution in [0.4, 0.5) is 0 Å². The van der Waals surface area contributed by atoms with Gasteiger partial charge in [0, 0.05) is 11.4 Å². The Kier molecular flexibility index (Phi) is 6.69. The normalized spacial score (nSPS) is 16.7. The average molecular weight is 301 g/mol. The van der Waals surface area contributed by atoms with Crippen LogP contribution in [-0.2, 0) is 4.79 Å². The Labute approximate surface area is 125 Å². The van der Waals surface area contributed by atoms with Gasteiger partial charge in [-0.2, -0.15) is 0 Å². The molecule has 0 aromatic heterocycles. The van der Waals surface area contributed by atoms with Crippen LogP contribution >= 0.6 is 24.2 Å². The molecule has 0 radical (unpaired) electrons. The number of amides is 1. The Balaban J connectivity index is 0.00000180. The molecule has 3 nitrogen and oxygen atoms in total. The first-order valence-corrected chi connectivity index (χ1v) is 7.42. The third kappa shape index (κ3) is 4.71. The van der Waals surface area contributed by atoms with Crippen LogP contribution < -0.4 is 11.1 Å². The van der Waals surface area contributed by atoms with Gasteiger partial charge in [-0.25, -0.2) is 0 Å². The molecular formula is C14H21ClN2OS. The monoisotopic (exact) mass is 300 g/mol. The maximum atomic E-state index is 11.9. The molecule has 0 spiro atoms. The van der Waals surface area contributed by atoms with Gasteiger partial charge in [-0.05, 0) is 25.0 Å². The largest absolute Gasteiger partial charge is 0.349 e. The molecule has 1 aromatic rings. The van der Waals surface area contributed by atoms with E-state index in [2.05, 4.69) is 5.32 Å². The first-order chi connectivity index (χ1) is 8.74. The SMILES string of the molecule is Cl.NCC1(NC(=O)CSc2ccccc2)CCCC1. The van der Waals surface area contributed by atoms with Crippen LogP contribution in [0, 0.1) is 0 Å². The lowest BCUT2D eigenvalue weighted by atomic mass is 9.98. The summed E-state index contributed by atoms with van der Waals surface area (Å²) in [6.07, 6.45) is 4.38. The second-order valence-corrected chi connectivity index (χ2v) is 5.89. The highest BCUT2D eigenvalue weighted by atomic mass is 35.5. The zero-order valence-electron chi connectivity index (χ0n) is 10.9. The molecule has 106 valence electrons. The van der Waals surface area contributed by atoms with E-state index in [0.717, 1.165) is 17.7 Å². The molecule has 1 aliphatic rings. The molecule has 19 heavy (non-hydrogen) atoms. The number of nitrogens with one attached hydrogen (secondary N) is 1. The maximum absolute atomic E-state index is 11.9. The van der Waals surface area contributed by atoms with E-state index in [0.29, 0.717) is 12.3 Å². The van der Waals surface area contributed by atoms with Crippen molar-refractivity contribution in [2.45, 2.75) is 36.1 Å². The summed E-state index contributed by atoms with van der Waals surface area (Å²) < 4.78 is 0. The Morgan fingerprint density at radius 2 is 1.89 bits per heavy atom. The second-order valence-electron chi connectivity index (χ2n) is 4.84. The number of hydrogen-bond acceptors (Lipinski definition) is 3. The molecule has 3 N–H and O–H groups in total. The molecule has 0 bridgehead atoms. The molecule has 1 saturated carbocycles. The predicted molar refractivity (Wildman–Crippen MR) is 82.8 cm³/mol. The van der Waals surface area contributed by atoms with Gasteiger partial charge in [-0.3, -0.25) is 4.79 Å².